The molecule has 4 atom stereocenters. The Balaban J connectivity index is 0.000000214. The molecule has 0 amide bonds. The molecule has 0 fully saturated rings. The number of ether oxygens (including phenoxy) is 2. The molecule has 56 heavy (non-hydrogen) atoms. The highest BCUT2D eigenvalue weighted by atomic mass is 16.5. The molecular weight excluding hydrogens is 697 g/mol. The molecule has 6 nitrogen and oxygen atoms in total. The number of fused-ring (bicyclic) bond motifs is 6. The highest BCUT2D eigenvalue weighted by Gasteiger charge is 2.48. The van der Waals surface area contributed by atoms with Crippen molar-refractivity contribution >= 4 is 0 Å². The largest absolute Gasteiger partial charge is 0.508 e. The molecular formula is C50H76O6. The minimum absolute atomic E-state index is 0.00727. The van der Waals surface area contributed by atoms with Crippen LogP contribution in [0.1, 0.15) is 193 Å². The summed E-state index contributed by atoms with van der Waals surface area (Å²) in [4.78, 5) is 0. The maximum Gasteiger partial charge on any atom is 0.127 e. The van der Waals surface area contributed by atoms with Crippen molar-refractivity contribution < 1.29 is 29.9 Å². The monoisotopic (exact) mass is 773 g/mol. The summed E-state index contributed by atoms with van der Waals surface area (Å²) >= 11 is 0. The molecule has 0 spiro atoms. The van der Waals surface area contributed by atoms with Crippen LogP contribution < -0.4 is 9.47 Å². The summed E-state index contributed by atoms with van der Waals surface area (Å²) in [5.74, 6) is 3.42. The first-order valence-corrected chi connectivity index (χ1v) is 22.1. The zero-order valence-corrected chi connectivity index (χ0v) is 36.7. The molecule has 312 valence electrons. The van der Waals surface area contributed by atoms with Crippen molar-refractivity contribution in [2.75, 3.05) is 13.2 Å². The van der Waals surface area contributed by atoms with Crippen molar-refractivity contribution in [3.63, 3.8) is 0 Å². The molecule has 2 heterocycles. The van der Waals surface area contributed by atoms with Gasteiger partial charge in [-0.2, -0.15) is 0 Å². The van der Waals surface area contributed by atoms with Crippen LogP contribution in [0.2, 0.25) is 0 Å². The van der Waals surface area contributed by atoms with Crippen LogP contribution in [0.25, 0.3) is 0 Å². The first-order valence-electron chi connectivity index (χ1n) is 22.1. The van der Waals surface area contributed by atoms with Crippen LogP contribution in [0.5, 0.6) is 23.0 Å². The van der Waals surface area contributed by atoms with Gasteiger partial charge in [0.25, 0.3) is 0 Å². The van der Waals surface area contributed by atoms with E-state index in [2.05, 4.69) is 93.5 Å². The molecule has 2 aromatic rings. The number of aliphatic hydroxyl groups is 2. The van der Waals surface area contributed by atoms with E-state index in [4.69, 9.17) is 9.47 Å². The number of hydrogen-bond donors (Lipinski definition) is 4. The number of rotatable bonds is 14. The first kappa shape index (κ1) is 44.1. The van der Waals surface area contributed by atoms with Crippen LogP contribution >= 0.6 is 0 Å². The summed E-state index contributed by atoms with van der Waals surface area (Å²) in [5, 5.41) is 41.3. The van der Waals surface area contributed by atoms with E-state index in [1.54, 1.807) is 0 Å². The van der Waals surface area contributed by atoms with E-state index in [9.17, 15) is 20.4 Å². The third-order valence-corrected chi connectivity index (χ3v) is 14.1. The molecule has 2 aliphatic heterocycles. The Morgan fingerprint density at radius 3 is 1.30 bits per heavy atom. The van der Waals surface area contributed by atoms with Crippen molar-refractivity contribution in [3.05, 3.63) is 69.8 Å². The molecule has 6 rings (SSSR count). The van der Waals surface area contributed by atoms with Crippen LogP contribution in [-0.2, 0) is 10.8 Å². The molecule has 0 radical (unpaired) electrons. The van der Waals surface area contributed by atoms with Gasteiger partial charge in [0.05, 0.1) is 13.2 Å². The Morgan fingerprint density at radius 1 is 0.589 bits per heavy atom. The highest BCUT2D eigenvalue weighted by Crippen LogP contribution is 2.56. The number of aromatic hydroxyl groups is 2. The zero-order valence-electron chi connectivity index (χ0n) is 36.7. The molecule has 0 unspecified atom stereocenters. The Bertz CT molecular complexity index is 1580. The number of aliphatic hydroxyl groups excluding tert-OH is 2. The van der Waals surface area contributed by atoms with E-state index in [0.29, 0.717) is 23.3 Å². The zero-order chi connectivity index (χ0) is 41.1. The fourth-order valence-corrected chi connectivity index (χ4v) is 10.2. The van der Waals surface area contributed by atoms with Crippen molar-refractivity contribution in [1.82, 2.24) is 0 Å². The summed E-state index contributed by atoms with van der Waals surface area (Å²) < 4.78 is 12.9. The van der Waals surface area contributed by atoms with E-state index in [1.807, 2.05) is 12.1 Å². The Hall–Kier alpha value is -2.96. The number of unbranched alkanes of at least 4 members (excludes halogenated alkanes) is 6. The van der Waals surface area contributed by atoms with Gasteiger partial charge >= 0.3 is 0 Å². The summed E-state index contributed by atoms with van der Waals surface area (Å²) in [6.07, 6.45) is 19.9. The predicted octanol–water partition coefficient (Wildman–Crippen LogP) is 12.4. The number of hydrogen-bond acceptors (Lipinski definition) is 6. The molecule has 4 N–H and O–H groups in total. The normalized spacial score (nSPS) is 23.4. The maximum atomic E-state index is 11.0. The second-order valence-electron chi connectivity index (χ2n) is 20.0. The Labute approximate surface area is 339 Å². The summed E-state index contributed by atoms with van der Waals surface area (Å²) in [7, 11) is 0. The lowest BCUT2D eigenvalue weighted by Gasteiger charge is -2.47. The van der Waals surface area contributed by atoms with E-state index in [0.717, 1.165) is 83.4 Å². The summed E-state index contributed by atoms with van der Waals surface area (Å²) in [6.45, 7) is 22.4. The van der Waals surface area contributed by atoms with Crippen LogP contribution in [0.15, 0.2) is 47.6 Å². The standard InChI is InChI=1S/2C25H38O3/c2*1-6-7-8-9-12-24(2,3)18-14-21(27)23-19-13-17(16-26)10-11-20(19)25(4,5)28-22(23)15-18/h2*10,14-15,19-20,26-27H,6-9,11-13,16H2,1-5H3/t2*19-,20-/m10/s1. The highest BCUT2D eigenvalue weighted by molar-refractivity contribution is 5.55. The van der Waals surface area contributed by atoms with Gasteiger partial charge in [-0.3, -0.25) is 0 Å². The van der Waals surface area contributed by atoms with E-state index < -0.39 is 0 Å². The van der Waals surface area contributed by atoms with Crippen molar-refractivity contribution in [1.29, 1.82) is 0 Å². The minimum atomic E-state index is -0.286. The van der Waals surface area contributed by atoms with Gasteiger partial charge in [-0.1, -0.05) is 105 Å². The first-order chi connectivity index (χ1) is 26.4. The van der Waals surface area contributed by atoms with Gasteiger partial charge < -0.3 is 29.9 Å². The van der Waals surface area contributed by atoms with E-state index in [1.165, 1.54) is 51.4 Å². The molecule has 0 saturated heterocycles. The number of benzene rings is 2. The molecule has 2 aliphatic carbocycles. The lowest BCUT2D eigenvalue weighted by atomic mass is 9.66. The number of allylic oxidation sites excluding steroid dienone is 2. The average molecular weight is 773 g/mol. The Kier molecular flexibility index (Phi) is 14.1. The summed E-state index contributed by atoms with van der Waals surface area (Å²) in [5.41, 5.74) is 5.78. The second kappa shape index (κ2) is 17.9. The second-order valence-corrected chi connectivity index (χ2v) is 20.0. The maximum absolute atomic E-state index is 11.0. The van der Waals surface area contributed by atoms with Gasteiger partial charge in [0, 0.05) is 34.8 Å². The van der Waals surface area contributed by atoms with Gasteiger partial charge in [0.2, 0.25) is 0 Å². The third-order valence-electron chi connectivity index (χ3n) is 14.1. The predicted molar refractivity (Wildman–Crippen MR) is 230 cm³/mol. The SMILES string of the molecule is CCCCCCC(C)(C)c1cc(O)c2c(c1)OC(C)(C)[C@@H]1CC=C(CO)C[C@@H]21.CCCCCCC(C)(C)c1cc(O)c2c(c1)OC(C)(C)[C@H]1CC=C(CO)C[C@H]21. The van der Waals surface area contributed by atoms with Gasteiger partial charge in [0.15, 0.2) is 0 Å². The van der Waals surface area contributed by atoms with Crippen molar-refractivity contribution in [3.8, 4) is 23.0 Å². The molecule has 0 saturated carbocycles. The van der Waals surface area contributed by atoms with Gasteiger partial charge in [-0.15, -0.1) is 0 Å². The molecule has 2 aromatic carbocycles. The number of phenols is 2. The third kappa shape index (κ3) is 9.66. The lowest BCUT2D eigenvalue weighted by molar-refractivity contribution is 0.00632. The van der Waals surface area contributed by atoms with Crippen LogP contribution in [0.3, 0.4) is 0 Å². The van der Waals surface area contributed by atoms with Gasteiger partial charge in [-0.05, 0) is 124 Å². The van der Waals surface area contributed by atoms with Gasteiger partial charge in [-0.25, -0.2) is 0 Å². The fourth-order valence-electron chi connectivity index (χ4n) is 10.2. The van der Waals surface area contributed by atoms with Gasteiger partial charge in [0.1, 0.15) is 34.2 Å². The van der Waals surface area contributed by atoms with Crippen LogP contribution in [-0.4, -0.2) is 44.8 Å². The quantitative estimate of drug-likeness (QED) is 0.113. The molecule has 6 heteroatoms. The van der Waals surface area contributed by atoms with Crippen molar-refractivity contribution in [2.24, 2.45) is 11.8 Å². The molecule has 0 aromatic heterocycles. The minimum Gasteiger partial charge on any atom is -0.508 e. The molecule has 0 bridgehead atoms. The smallest absolute Gasteiger partial charge is 0.127 e. The lowest BCUT2D eigenvalue weighted by Crippen LogP contribution is -2.45. The Morgan fingerprint density at radius 2 is 0.964 bits per heavy atom. The fraction of sp³-hybridized carbons (Fsp3) is 0.680. The summed E-state index contributed by atoms with van der Waals surface area (Å²) in [6, 6.07) is 8.27. The number of phenolic OH excluding ortho intramolecular Hbond substituents is 2. The van der Waals surface area contributed by atoms with E-state index in [-0.39, 0.29) is 47.1 Å². The van der Waals surface area contributed by atoms with E-state index >= 15 is 0 Å². The van der Waals surface area contributed by atoms with Crippen molar-refractivity contribution in [2.45, 2.75) is 193 Å². The topological polar surface area (TPSA) is 99.4 Å². The van der Waals surface area contributed by atoms with Crippen LogP contribution in [0.4, 0.5) is 0 Å². The average Bonchev–Trinajstić information content (AvgIpc) is 3.14. The van der Waals surface area contributed by atoms with Crippen LogP contribution in [0, 0.1) is 11.8 Å². The molecule has 4 aliphatic rings.